The molecular formula is C15H18N2O5. The van der Waals surface area contributed by atoms with Gasteiger partial charge in [0.15, 0.2) is 6.61 Å². The van der Waals surface area contributed by atoms with Crippen LogP contribution in [-0.4, -0.2) is 30.1 Å². The molecule has 0 spiro atoms. The smallest absolute Gasteiger partial charge is 0.336 e. The van der Waals surface area contributed by atoms with Gasteiger partial charge in [-0.2, -0.15) is 0 Å². The highest BCUT2D eigenvalue weighted by Crippen LogP contribution is 2.40. The first-order valence-electron chi connectivity index (χ1n) is 6.96. The van der Waals surface area contributed by atoms with Gasteiger partial charge in [0.05, 0.1) is 18.1 Å². The molecule has 0 bridgehead atoms. The number of carbonyl (C=O) groups is 1. The number of fused-ring (bicyclic) bond motifs is 1. The third kappa shape index (κ3) is 2.88. The van der Waals surface area contributed by atoms with Crippen LogP contribution in [0.15, 0.2) is 35.5 Å². The predicted octanol–water partition coefficient (Wildman–Crippen LogP) is 1.60. The van der Waals surface area contributed by atoms with Gasteiger partial charge in [0.1, 0.15) is 5.75 Å². The Kier molecular flexibility index (Phi) is 4.65. The Bertz CT molecular complexity index is 622. The number of carbonyl (C=O) groups excluding carboxylic acids is 1. The fraction of sp³-hybridized carbons (Fsp3) is 0.400. The standard InChI is InChI=1S/C15H18N2O5/c1-3-21-15(18)13(9(2)16)14-10-6-4-5-7-12(10)22-8-11(14)17(19)20/h4-7,11,14H,3,8,16H2,1-2H3. The highest BCUT2D eigenvalue weighted by molar-refractivity contribution is 5.91. The quantitative estimate of drug-likeness (QED) is 0.392. The topological polar surface area (TPSA) is 105 Å². The summed E-state index contributed by atoms with van der Waals surface area (Å²) in [4.78, 5) is 23.2. The largest absolute Gasteiger partial charge is 0.486 e. The van der Waals surface area contributed by atoms with E-state index < -0.39 is 22.9 Å². The van der Waals surface area contributed by atoms with Crippen molar-refractivity contribution in [2.24, 2.45) is 5.73 Å². The van der Waals surface area contributed by atoms with Crippen LogP contribution in [0.3, 0.4) is 0 Å². The molecule has 1 aromatic rings. The van der Waals surface area contributed by atoms with E-state index in [1.807, 2.05) is 0 Å². The Balaban J connectivity index is 2.57. The molecule has 0 saturated heterocycles. The minimum atomic E-state index is -1.09. The SMILES string of the molecule is CCOC(=O)C(=C(C)N)C1c2ccccc2OCC1[N+](=O)[O-]. The Morgan fingerprint density at radius 2 is 2.18 bits per heavy atom. The van der Waals surface area contributed by atoms with E-state index in [-0.39, 0.29) is 24.5 Å². The van der Waals surface area contributed by atoms with Gasteiger partial charge >= 0.3 is 5.97 Å². The summed E-state index contributed by atoms with van der Waals surface area (Å²) in [5.74, 6) is -0.895. The number of hydrogen-bond donors (Lipinski definition) is 1. The average molecular weight is 306 g/mol. The number of nitro groups is 1. The van der Waals surface area contributed by atoms with Gasteiger partial charge in [-0.15, -0.1) is 0 Å². The van der Waals surface area contributed by atoms with Crippen LogP contribution in [-0.2, 0) is 9.53 Å². The summed E-state index contributed by atoms with van der Waals surface area (Å²) in [7, 11) is 0. The first-order chi connectivity index (χ1) is 10.5. The van der Waals surface area contributed by atoms with Gasteiger partial charge in [0.25, 0.3) is 6.04 Å². The maximum absolute atomic E-state index is 12.2. The number of nitrogens with zero attached hydrogens (tertiary/aromatic N) is 1. The van der Waals surface area contributed by atoms with Gasteiger partial charge in [-0.1, -0.05) is 18.2 Å². The number of benzene rings is 1. The van der Waals surface area contributed by atoms with Crippen LogP contribution in [0.1, 0.15) is 25.3 Å². The number of ether oxygens (including phenoxy) is 2. The van der Waals surface area contributed by atoms with E-state index in [9.17, 15) is 14.9 Å². The zero-order chi connectivity index (χ0) is 16.3. The van der Waals surface area contributed by atoms with E-state index in [2.05, 4.69) is 0 Å². The molecule has 0 aromatic heterocycles. The zero-order valence-corrected chi connectivity index (χ0v) is 12.4. The van der Waals surface area contributed by atoms with Crippen LogP contribution in [0.4, 0.5) is 0 Å². The van der Waals surface area contributed by atoms with Crippen LogP contribution in [0.5, 0.6) is 5.75 Å². The van der Waals surface area contributed by atoms with Crippen molar-refractivity contribution >= 4 is 5.97 Å². The zero-order valence-electron chi connectivity index (χ0n) is 12.4. The second-order valence-electron chi connectivity index (χ2n) is 5.00. The first kappa shape index (κ1) is 15.8. The van der Waals surface area contributed by atoms with Crippen molar-refractivity contribution in [3.63, 3.8) is 0 Å². The van der Waals surface area contributed by atoms with Crippen LogP contribution in [0, 0.1) is 10.1 Å². The van der Waals surface area contributed by atoms with Crippen molar-refractivity contribution in [2.75, 3.05) is 13.2 Å². The molecule has 1 aliphatic heterocycles. The number of allylic oxidation sites excluding steroid dienone is 1. The molecule has 2 unspecified atom stereocenters. The van der Waals surface area contributed by atoms with Gasteiger partial charge in [0, 0.05) is 16.2 Å². The molecular weight excluding hydrogens is 288 g/mol. The summed E-state index contributed by atoms with van der Waals surface area (Å²) in [6.45, 7) is 3.26. The summed E-state index contributed by atoms with van der Waals surface area (Å²) in [5.41, 5.74) is 6.75. The lowest BCUT2D eigenvalue weighted by molar-refractivity contribution is -0.528. The van der Waals surface area contributed by atoms with Crippen LogP contribution < -0.4 is 10.5 Å². The van der Waals surface area contributed by atoms with Crippen LogP contribution >= 0.6 is 0 Å². The maximum atomic E-state index is 12.2. The third-order valence-corrected chi connectivity index (χ3v) is 3.55. The molecule has 1 aromatic carbocycles. The Hall–Kier alpha value is -2.57. The second kappa shape index (κ2) is 6.46. The molecule has 2 atom stereocenters. The molecule has 1 aliphatic rings. The predicted molar refractivity (Wildman–Crippen MR) is 79.0 cm³/mol. The van der Waals surface area contributed by atoms with Gasteiger partial charge in [-0.3, -0.25) is 10.1 Å². The fourth-order valence-electron chi connectivity index (χ4n) is 2.62. The third-order valence-electron chi connectivity index (χ3n) is 3.55. The molecule has 22 heavy (non-hydrogen) atoms. The lowest BCUT2D eigenvalue weighted by Crippen LogP contribution is -2.40. The summed E-state index contributed by atoms with van der Waals surface area (Å²) in [6, 6.07) is 5.84. The summed E-state index contributed by atoms with van der Waals surface area (Å²) in [6.07, 6.45) is 0. The summed E-state index contributed by atoms with van der Waals surface area (Å²) >= 11 is 0. The van der Waals surface area contributed by atoms with E-state index in [1.165, 1.54) is 0 Å². The van der Waals surface area contributed by atoms with Gasteiger partial charge in [0.2, 0.25) is 0 Å². The number of hydrogen-bond acceptors (Lipinski definition) is 6. The Morgan fingerprint density at radius 1 is 1.50 bits per heavy atom. The van der Waals surface area contributed by atoms with E-state index in [1.54, 1.807) is 38.1 Å². The van der Waals surface area contributed by atoms with Crippen LogP contribution in [0.25, 0.3) is 0 Å². The summed E-state index contributed by atoms with van der Waals surface area (Å²) in [5, 5.41) is 11.4. The molecule has 0 amide bonds. The van der Waals surface area contributed by atoms with Crippen molar-refractivity contribution < 1.29 is 19.2 Å². The number of para-hydroxylation sites is 1. The highest BCUT2D eigenvalue weighted by Gasteiger charge is 2.44. The molecule has 1 heterocycles. The van der Waals surface area contributed by atoms with Crippen molar-refractivity contribution in [3.05, 3.63) is 51.2 Å². The highest BCUT2D eigenvalue weighted by atomic mass is 16.6. The second-order valence-corrected chi connectivity index (χ2v) is 5.00. The fourth-order valence-corrected chi connectivity index (χ4v) is 2.62. The molecule has 0 saturated carbocycles. The molecule has 2 N–H and O–H groups in total. The molecule has 0 aliphatic carbocycles. The molecule has 0 radical (unpaired) electrons. The number of esters is 1. The van der Waals surface area contributed by atoms with E-state index >= 15 is 0 Å². The van der Waals surface area contributed by atoms with Gasteiger partial charge in [-0.25, -0.2) is 4.79 Å². The van der Waals surface area contributed by atoms with Gasteiger partial charge in [-0.05, 0) is 19.9 Å². The molecule has 7 nitrogen and oxygen atoms in total. The molecule has 118 valence electrons. The van der Waals surface area contributed by atoms with Crippen molar-refractivity contribution in [1.29, 1.82) is 0 Å². The lowest BCUT2D eigenvalue weighted by Gasteiger charge is -2.29. The molecule has 2 rings (SSSR count). The van der Waals surface area contributed by atoms with E-state index in [4.69, 9.17) is 15.2 Å². The lowest BCUT2D eigenvalue weighted by atomic mass is 9.82. The van der Waals surface area contributed by atoms with E-state index in [0.29, 0.717) is 11.3 Å². The number of nitrogens with two attached hydrogens (primary N) is 1. The average Bonchev–Trinajstić information content (AvgIpc) is 2.47. The van der Waals surface area contributed by atoms with Crippen molar-refractivity contribution in [3.8, 4) is 5.75 Å². The minimum Gasteiger partial charge on any atom is -0.486 e. The molecule has 0 fully saturated rings. The Labute approximate surface area is 127 Å². The Morgan fingerprint density at radius 3 is 2.77 bits per heavy atom. The van der Waals surface area contributed by atoms with Crippen LogP contribution in [0.2, 0.25) is 0 Å². The monoisotopic (exact) mass is 306 g/mol. The summed E-state index contributed by atoms with van der Waals surface area (Å²) < 4.78 is 10.5. The minimum absolute atomic E-state index is 0.120. The maximum Gasteiger partial charge on any atom is 0.336 e. The number of rotatable bonds is 4. The van der Waals surface area contributed by atoms with Gasteiger partial charge < -0.3 is 15.2 Å². The van der Waals surface area contributed by atoms with E-state index in [0.717, 1.165) is 0 Å². The van der Waals surface area contributed by atoms with Crippen molar-refractivity contribution in [1.82, 2.24) is 0 Å². The normalized spacial score (nSPS) is 21.2. The van der Waals surface area contributed by atoms with Crippen molar-refractivity contribution in [2.45, 2.75) is 25.8 Å². The first-order valence-corrected chi connectivity index (χ1v) is 6.96. The molecule has 7 heteroatoms.